The van der Waals surface area contributed by atoms with Gasteiger partial charge in [0.1, 0.15) is 0 Å². The molecule has 3 aromatic carbocycles. The number of hydrogen-bond donors (Lipinski definition) is 0. The van der Waals surface area contributed by atoms with E-state index in [1.165, 1.54) is 11.3 Å². The number of fused-ring (bicyclic) bond motifs is 4. The molecule has 0 radical (unpaired) electrons. The molecule has 3 heterocycles. The Morgan fingerprint density at radius 1 is 0.862 bits per heavy atom. The van der Waals surface area contributed by atoms with Crippen molar-refractivity contribution >= 4 is 26.5 Å². The summed E-state index contributed by atoms with van der Waals surface area (Å²) >= 11 is 1.51. The molecule has 1 aliphatic rings. The maximum absolute atomic E-state index is 13.5. The van der Waals surface area contributed by atoms with Gasteiger partial charge in [-0.3, -0.25) is 9.20 Å². The Bertz CT molecular complexity index is 1380. The topological polar surface area (TPSA) is 43.6 Å². The van der Waals surface area contributed by atoms with Crippen molar-refractivity contribution in [3.05, 3.63) is 112 Å². The molecule has 1 aliphatic heterocycles. The van der Waals surface area contributed by atoms with E-state index in [-0.39, 0.29) is 5.56 Å². The van der Waals surface area contributed by atoms with Crippen molar-refractivity contribution in [1.29, 1.82) is 0 Å². The summed E-state index contributed by atoms with van der Waals surface area (Å²) in [6, 6.07) is 28.1. The molecule has 0 unspecified atom stereocenters. The van der Waals surface area contributed by atoms with E-state index in [2.05, 4.69) is 0 Å². The number of thiazole rings is 1. The third-order valence-corrected chi connectivity index (χ3v) is 6.61. The molecule has 0 N–H and O–H groups in total. The number of aromatic nitrogens is 2. The predicted octanol–water partition coefficient (Wildman–Crippen LogP) is 4.79. The van der Waals surface area contributed by atoms with E-state index in [0.717, 1.165) is 21.3 Å². The lowest BCUT2D eigenvalue weighted by Crippen LogP contribution is -2.33. The van der Waals surface area contributed by atoms with E-state index in [0.29, 0.717) is 22.8 Å². The quantitative estimate of drug-likeness (QED) is 0.431. The van der Waals surface area contributed by atoms with Crippen molar-refractivity contribution in [3.8, 4) is 5.88 Å². The smallest absolute Gasteiger partial charge is 0.266 e. The van der Waals surface area contributed by atoms with Gasteiger partial charge in [0.15, 0.2) is 5.60 Å². The van der Waals surface area contributed by atoms with Gasteiger partial charge in [-0.2, -0.15) is 4.98 Å². The van der Waals surface area contributed by atoms with Gasteiger partial charge in [0.2, 0.25) is 10.8 Å². The van der Waals surface area contributed by atoms with Crippen LogP contribution in [-0.4, -0.2) is 9.38 Å². The van der Waals surface area contributed by atoms with Gasteiger partial charge in [-0.15, -0.1) is 0 Å². The third-order valence-electron chi connectivity index (χ3n) is 5.59. The van der Waals surface area contributed by atoms with Crippen LogP contribution in [-0.2, 0) is 12.0 Å². The molecule has 4 nitrogen and oxygen atoms in total. The molecule has 0 saturated carbocycles. The van der Waals surface area contributed by atoms with Gasteiger partial charge in [0.05, 0.1) is 15.8 Å². The van der Waals surface area contributed by atoms with Crippen molar-refractivity contribution in [2.75, 3.05) is 0 Å². The van der Waals surface area contributed by atoms with Crippen molar-refractivity contribution in [1.82, 2.24) is 9.38 Å². The van der Waals surface area contributed by atoms with Gasteiger partial charge < -0.3 is 4.74 Å². The summed E-state index contributed by atoms with van der Waals surface area (Å²) in [6.45, 7) is 0. The van der Waals surface area contributed by atoms with E-state index in [1.807, 2.05) is 84.9 Å². The number of ether oxygens (including phenoxy) is 1. The zero-order chi connectivity index (χ0) is 19.4. The summed E-state index contributed by atoms with van der Waals surface area (Å²) in [6.07, 6.45) is 0.454. The average molecular weight is 396 g/mol. The summed E-state index contributed by atoms with van der Waals surface area (Å²) in [7, 11) is 0. The molecule has 0 saturated heterocycles. The molecule has 0 aliphatic carbocycles. The minimum atomic E-state index is -0.753. The lowest BCUT2D eigenvalue weighted by atomic mass is 9.83. The van der Waals surface area contributed by atoms with Crippen LogP contribution in [0.3, 0.4) is 0 Å². The summed E-state index contributed by atoms with van der Waals surface area (Å²) in [5.41, 5.74) is 2.75. The number of benzene rings is 3. The maximum Gasteiger partial charge on any atom is 0.266 e. The van der Waals surface area contributed by atoms with Gasteiger partial charge in [0, 0.05) is 17.5 Å². The average Bonchev–Trinajstić information content (AvgIpc) is 3.35. The molecule has 2 aromatic heterocycles. The minimum Gasteiger partial charge on any atom is -0.460 e. The zero-order valence-corrected chi connectivity index (χ0v) is 16.2. The predicted molar refractivity (Wildman–Crippen MR) is 115 cm³/mol. The summed E-state index contributed by atoms with van der Waals surface area (Å²) in [4.78, 5) is 18.9. The Morgan fingerprint density at radius 3 is 2.17 bits per heavy atom. The monoisotopic (exact) mass is 396 g/mol. The molecule has 5 heteroatoms. The third kappa shape index (κ3) is 2.31. The van der Waals surface area contributed by atoms with Crippen molar-refractivity contribution in [2.24, 2.45) is 0 Å². The van der Waals surface area contributed by atoms with Crippen LogP contribution in [0, 0.1) is 0 Å². The highest BCUT2D eigenvalue weighted by molar-refractivity contribution is 7.23. The lowest BCUT2D eigenvalue weighted by molar-refractivity contribution is 0.135. The second-order valence-corrected chi connectivity index (χ2v) is 8.24. The Kier molecular flexibility index (Phi) is 3.43. The normalized spacial score (nSPS) is 14.8. The van der Waals surface area contributed by atoms with Gasteiger partial charge in [0.25, 0.3) is 5.56 Å². The van der Waals surface area contributed by atoms with Crippen molar-refractivity contribution in [3.63, 3.8) is 0 Å². The van der Waals surface area contributed by atoms with Crippen LogP contribution in [0.1, 0.15) is 16.7 Å². The van der Waals surface area contributed by atoms with Gasteiger partial charge in [-0.05, 0) is 12.1 Å². The molecular weight excluding hydrogens is 380 g/mol. The molecular formula is C24H16N2O2S. The van der Waals surface area contributed by atoms with Gasteiger partial charge >= 0.3 is 0 Å². The standard InChI is InChI=1S/C24H16N2O2S/c27-22-18-15-24(16-9-3-1-4-10-16,17-11-5-2-6-12-17)28-21(18)25-23-26(22)19-13-7-8-14-20(19)29-23/h1-14H,15H2. The second kappa shape index (κ2) is 6.03. The van der Waals surface area contributed by atoms with Gasteiger partial charge in [-0.25, -0.2) is 0 Å². The first-order valence-corrected chi connectivity index (χ1v) is 10.3. The fourth-order valence-corrected chi connectivity index (χ4v) is 5.22. The molecule has 29 heavy (non-hydrogen) atoms. The molecule has 6 rings (SSSR count). The van der Waals surface area contributed by atoms with Crippen LogP contribution < -0.4 is 10.3 Å². The highest BCUT2D eigenvalue weighted by Gasteiger charge is 2.45. The fourth-order valence-electron chi connectivity index (χ4n) is 4.21. The first-order valence-electron chi connectivity index (χ1n) is 9.49. The molecule has 5 aromatic rings. The minimum absolute atomic E-state index is 0.0452. The van der Waals surface area contributed by atoms with Crippen LogP contribution in [0.4, 0.5) is 0 Å². The lowest BCUT2D eigenvalue weighted by Gasteiger charge is -2.29. The number of rotatable bonds is 2. The molecule has 0 fully saturated rings. The van der Waals surface area contributed by atoms with Gasteiger partial charge in [-0.1, -0.05) is 84.1 Å². The molecule has 140 valence electrons. The molecule has 0 bridgehead atoms. The van der Waals surface area contributed by atoms with Crippen LogP contribution in [0.2, 0.25) is 0 Å². The Labute approximate surface area is 170 Å². The van der Waals surface area contributed by atoms with Crippen molar-refractivity contribution < 1.29 is 4.74 Å². The van der Waals surface area contributed by atoms with E-state index in [4.69, 9.17) is 9.72 Å². The number of nitrogens with zero attached hydrogens (tertiary/aromatic N) is 2. The van der Waals surface area contributed by atoms with E-state index < -0.39 is 5.60 Å². The molecule has 0 atom stereocenters. The van der Waals surface area contributed by atoms with Crippen LogP contribution in [0.5, 0.6) is 5.88 Å². The van der Waals surface area contributed by atoms with Crippen molar-refractivity contribution in [2.45, 2.75) is 12.0 Å². The number of hydrogen-bond acceptors (Lipinski definition) is 4. The Hall–Kier alpha value is -3.44. The zero-order valence-electron chi connectivity index (χ0n) is 15.4. The Morgan fingerprint density at radius 2 is 1.48 bits per heavy atom. The van der Waals surface area contributed by atoms with E-state index in [9.17, 15) is 4.79 Å². The second-order valence-electron chi connectivity index (χ2n) is 7.23. The molecule has 0 amide bonds. The summed E-state index contributed by atoms with van der Waals surface area (Å²) in [5, 5.41) is 0. The fraction of sp³-hybridized carbons (Fsp3) is 0.0833. The molecule has 0 spiro atoms. The van der Waals surface area contributed by atoms with Crippen LogP contribution >= 0.6 is 11.3 Å². The Balaban J connectivity index is 1.62. The summed E-state index contributed by atoms with van der Waals surface area (Å²) in [5.74, 6) is 0.439. The summed E-state index contributed by atoms with van der Waals surface area (Å²) < 4.78 is 9.29. The van der Waals surface area contributed by atoms with Crippen LogP contribution in [0.25, 0.3) is 15.2 Å². The van der Waals surface area contributed by atoms with E-state index >= 15 is 0 Å². The SMILES string of the molecule is O=c1c2c(nc3sc4ccccc4n13)OC(c1ccccc1)(c1ccccc1)C2. The maximum atomic E-state index is 13.5. The first kappa shape index (κ1) is 16.5. The van der Waals surface area contributed by atoms with Crippen LogP contribution in [0.15, 0.2) is 89.7 Å². The largest absolute Gasteiger partial charge is 0.460 e. The highest BCUT2D eigenvalue weighted by atomic mass is 32.1. The van der Waals surface area contributed by atoms with E-state index in [1.54, 1.807) is 4.40 Å². The first-order chi connectivity index (χ1) is 14.3. The number of para-hydroxylation sites is 1. The highest BCUT2D eigenvalue weighted by Crippen LogP contribution is 2.44.